The molecule has 0 amide bonds. The van der Waals surface area contributed by atoms with E-state index >= 15 is 0 Å². The number of anilines is 2. The van der Waals surface area contributed by atoms with Crippen LogP contribution in [0.15, 0.2) is 65.8 Å². The number of hydrogen-bond donors (Lipinski definition) is 2. The van der Waals surface area contributed by atoms with Crippen molar-refractivity contribution in [3.63, 3.8) is 0 Å². The van der Waals surface area contributed by atoms with E-state index in [1.54, 1.807) is 43.8 Å². The maximum absolute atomic E-state index is 11.8. The molecule has 1 heterocycles. The highest BCUT2D eigenvalue weighted by Gasteiger charge is 2.05. The van der Waals surface area contributed by atoms with E-state index in [1.165, 1.54) is 6.26 Å². The third-order valence-corrected chi connectivity index (χ3v) is 4.79. The lowest BCUT2D eigenvalue weighted by Crippen LogP contribution is -1.99. The average molecular weight is 378 g/mol. The molecule has 3 rings (SSSR count). The van der Waals surface area contributed by atoms with Crippen LogP contribution in [0.1, 0.15) is 11.1 Å². The number of hydrogen-bond acceptors (Lipinski definition) is 6. The van der Waals surface area contributed by atoms with E-state index in [2.05, 4.69) is 27.1 Å². The molecule has 0 bridgehead atoms. The van der Waals surface area contributed by atoms with Crippen molar-refractivity contribution in [2.24, 2.45) is 0 Å². The molecular formula is C20H18N4O2S. The van der Waals surface area contributed by atoms with Gasteiger partial charge in [0.15, 0.2) is 0 Å². The van der Waals surface area contributed by atoms with Crippen LogP contribution in [0.4, 0.5) is 11.6 Å². The number of ether oxygens (including phenoxy) is 1. The van der Waals surface area contributed by atoms with Crippen molar-refractivity contribution in [2.45, 2.75) is 4.90 Å². The summed E-state index contributed by atoms with van der Waals surface area (Å²) in [5.74, 6) is 7.24. The van der Waals surface area contributed by atoms with Gasteiger partial charge in [0.25, 0.3) is 0 Å². The van der Waals surface area contributed by atoms with Gasteiger partial charge in [0.2, 0.25) is 5.95 Å². The topological polar surface area (TPSA) is 88.0 Å². The number of nitrogens with zero attached hydrogens (tertiary/aromatic N) is 2. The summed E-state index contributed by atoms with van der Waals surface area (Å²) in [6.07, 6.45) is 4.64. The first-order valence-corrected chi connectivity index (χ1v) is 10.00. The molecule has 1 aromatic heterocycles. The van der Waals surface area contributed by atoms with E-state index in [0.29, 0.717) is 22.1 Å². The Morgan fingerprint density at radius 2 is 1.70 bits per heavy atom. The third-order valence-electron chi connectivity index (χ3n) is 3.63. The molecule has 27 heavy (non-hydrogen) atoms. The predicted octanol–water partition coefficient (Wildman–Crippen LogP) is 3.66. The average Bonchev–Trinajstić information content (AvgIpc) is 2.67. The first-order chi connectivity index (χ1) is 12.9. The van der Waals surface area contributed by atoms with Gasteiger partial charge in [-0.3, -0.25) is 0 Å². The maximum Gasteiger partial charge on any atom is 0.227 e. The molecule has 0 aliphatic heterocycles. The molecule has 0 saturated heterocycles. The van der Waals surface area contributed by atoms with Crippen molar-refractivity contribution >= 4 is 21.4 Å². The Balaban J connectivity index is 1.72. The molecule has 0 aliphatic rings. The smallest absolute Gasteiger partial charge is 0.227 e. The van der Waals surface area contributed by atoms with E-state index < -0.39 is 9.73 Å². The Hall–Kier alpha value is -3.37. The minimum absolute atomic E-state index is 0.398. The monoisotopic (exact) mass is 378 g/mol. The highest BCUT2D eigenvalue weighted by molar-refractivity contribution is 7.91. The fourth-order valence-electron chi connectivity index (χ4n) is 2.22. The Labute approximate surface area is 158 Å². The first kappa shape index (κ1) is 18.4. The fraction of sp³-hybridized carbons (Fsp3) is 0.100. The molecule has 6 nitrogen and oxygen atoms in total. The van der Waals surface area contributed by atoms with Gasteiger partial charge in [0.1, 0.15) is 5.75 Å². The van der Waals surface area contributed by atoms with Gasteiger partial charge in [-0.15, -0.1) is 0 Å². The maximum atomic E-state index is 11.8. The van der Waals surface area contributed by atoms with Crippen LogP contribution in [0.3, 0.4) is 0 Å². The highest BCUT2D eigenvalue weighted by atomic mass is 32.2. The van der Waals surface area contributed by atoms with E-state index in [4.69, 9.17) is 9.52 Å². The molecule has 0 aliphatic carbocycles. The Kier molecular flexibility index (Phi) is 5.38. The zero-order valence-electron chi connectivity index (χ0n) is 14.9. The molecule has 0 spiro atoms. The molecule has 7 heteroatoms. The van der Waals surface area contributed by atoms with Crippen LogP contribution >= 0.6 is 0 Å². The highest BCUT2D eigenvalue weighted by Crippen LogP contribution is 2.18. The molecular weight excluding hydrogens is 360 g/mol. The minimum Gasteiger partial charge on any atom is -0.497 e. The van der Waals surface area contributed by atoms with Gasteiger partial charge < -0.3 is 10.1 Å². The SMILES string of the molecule is COc1ccc(C#Cc2cnc(Nc3cccc(S(C)(=N)=O)c3)nc2)cc1. The minimum atomic E-state index is -2.77. The van der Waals surface area contributed by atoms with Crippen molar-refractivity contribution in [3.05, 3.63) is 72.1 Å². The Morgan fingerprint density at radius 3 is 2.33 bits per heavy atom. The molecule has 0 fully saturated rings. The summed E-state index contributed by atoms with van der Waals surface area (Å²) in [5, 5.41) is 3.04. The standard InChI is InChI=1S/C20H18N4O2S/c1-26-18-10-8-15(9-11-18)6-7-16-13-22-20(23-14-16)24-17-4-3-5-19(12-17)27(2,21)25/h3-5,8-14,21H,1-2H3,(H,22,23,24). The second-order valence-electron chi connectivity index (χ2n) is 5.77. The van der Waals surface area contributed by atoms with E-state index in [0.717, 1.165) is 11.3 Å². The third kappa shape index (κ3) is 5.06. The molecule has 0 saturated carbocycles. The lowest BCUT2D eigenvalue weighted by atomic mass is 10.2. The quantitative estimate of drug-likeness (QED) is 0.677. The van der Waals surface area contributed by atoms with Crippen LogP contribution in [0.25, 0.3) is 0 Å². The van der Waals surface area contributed by atoms with E-state index in [1.807, 2.05) is 24.3 Å². The molecule has 1 unspecified atom stereocenters. The zero-order valence-corrected chi connectivity index (χ0v) is 15.7. The van der Waals surface area contributed by atoms with E-state index in [-0.39, 0.29) is 0 Å². The number of aromatic nitrogens is 2. The molecule has 136 valence electrons. The van der Waals surface area contributed by atoms with Crippen molar-refractivity contribution in [1.29, 1.82) is 4.78 Å². The summed E-state index contributed by atoms with van der Waals surface area (Å²) in [5.41, 5.74) is 2.23. The fourth-order valence-corrected chi connectivity index (χ4v) is 2.91. The van der Waals surface area contributed by atoms with Crippen LogP contribution in [0.2, 0.25) is 0 Å². The summed E-state index contributed by atoms with van der Waals surface area (Å²) in [6.45, 7) is 0. The van der Waals surface area contributed by atoms with Gasteiger partial charge in [-0.1, -0.05) is 17.9 Å². The Bertz CT molecular complexity index is 1100. The van der Waals surface area contributed by atoms with Crippen molar-refractivity contribution in [2.75, 3.05) is 18.7 Å². The normalized spacial score (nSPS) is 12.4. The van der Waals surface area contributed by atoms with Crippen LogP contribution in [-0.4, -0.2) is 27.5 Å². The second-order valence-corrected chi connectivity index (χ2v) is 7.93. The summed E-state index contributed by atoms with van der Waals surface area (Å²) >= 11 is 0. The lowest BCUT2D eigenvalue weighted by Gasteiger charge is -2.07. The molecule has 0 radical (unpaired) electrons. The molecule has 2 aromatic carbocycles. The molecule has 2 N–H and O–H groups in total. The zero-order chi connectivity index (χ0) is 19.3. The second kappa shape index (κ2) is 7.89. The lowest BCUT2D eigenvalue weighted by molar-refractivity contribution is 0.415. The van der Waals surface area contributed by atoms with Crippen molar-refractivity contribution in [1.82, 2.24) is 9.97 Å². The summed E-state index contributed by atoms with van der Waals surface area (Å²) < 4.78 is 24.6. The first-order valence-electron chi connectivity index (χ1n) is 8.03. The summed E-state index contributed by atoms with van der Waals surface area (Å²) in [7, 11) is -1.15. The van der Waals surface area contributed by atoms with Gasteiger partial charge in [-0.2, -0.15) is 0 Å². The van der Waals surface area contributed by atoms with Crippen molar-refractivity contribution in [3.8, 4) is 17.6 Å². The van der Waals surface area contributed by atoms with Crippen LogP contribution in [-0.2, 0) is 9.73 Å². The number of rotatable bonds is 4. The number of benzene rings is 2. The van der Waals surface area contributed by atoms with Crippen LogP contribution in [0.5, 0.6) is 5.75 Å². The van der Waals surface area contributed by atoms with E-state index in [9.17, 15) is 4.21 Å². The van der Waals surface area contributed by atoms with Gasteiger partial charge in [-0.25, -0.2) is 19.0 Å². The predicted molar refractivity (Wildman–Crippen MR) is 106 cm³/mol. The van der Waals surface area contributed by atoms with Gasteiger partial charge in [0.05, 0.1) is 22.4 Å². The van der Waals surface area contributed by atoms with Crippen molar-refractivity contribution < 1.29 is 8.95 Å². The molecule has 3 aromatic rings. The number of nitrogens with one attached hydrogen (secondary N) is 2. The summed E-state index contributed by atoms with van der Waals surface area (Å²) in [4.78, 5) is 8.94. The van der Waals surface area contributed by atoms with Crippen LogP contribution in [0, 0.1) is 16.6 Å². The van der Waals surface area contributed by atoms with Gasteiger partial charge in [-0.05, 0) is 42.5 Å². The summed E-state index contributed by atoms with van der Waals surface area (Å²) in [6, 6.07) is 14.3. The van der Waals surface area contributed by atoms with Gasteiger partial charge >= 0.3 is 0 Å². The largest absolute Gasteiger partial charge is 0.497 e. The van der Waals surface area contributed by atoms with Crippen LogP contribution < -0.4 is 10.1 Å². The Morgan fingerprint density at radius 1 is 1.04 bits per heavy atom. The molecule has 1 atom stereocenters. The number of methoxy groups -OCH3 is 1. The van der Waals surface area contributed by atoms with Gasteiger partial charge in [0, 0.05) is 34.8 Å².